The van der Waals surface area contributed by atoms with Crippen molar-refractivity contribution in [1.29, 1.82) is 0 Å². The standard InChI is InChI=1S/C13H19FO2/c1-15-10-6-2-3-7-11-16-13-9-5-4-8-12(13)14/h4-5,8-9H,2-3,6-7,10-11H2,1H3. The average molecular weight is 226 g/mol. The van der Waals surface area contributed by atoms with E-state index in [1.165, 1.54) is 6.07 Å². The Balaban J connectivity index is 2.05. The van der Waals surface area contributed by atoms with E-state index in [0.717, 1.165) is 32.3 Å². The van der Waals surface area contributed by atoms with Gasteiger partial charge < -0.3 is 9.47 Å². The molecule has 0 bridgehead atoms. The van der Waals surface area contributed by atoms with Gasteiger partial charge in [-0.15, -0.1) is 0 Å². The highest BCUT2D eigenvalue weighted by molar-refractivity contribution is 5.23. The number of rotatable bonds is 8. The number of hydrogen-bond donors (Lipinski definition) is 0. The molecular weight excluding hydrogens is 207 g/mol. The maximum Gasteiger partial charge on any atom is 0.165 e. The molecule has 0 aliphatic heterocycles. The number of methoxy groups -OCH3 is 1. The third kappa shape index (κ3) is 5.12. The van der Waals surface area contributed by atoms with E-state index in [9.17, 15) is 4.39 Å². The topological polar surface area (TPSA) is 18.5 Å². The van der Waals surface area contributed by atoms with Crippen LogP contribution in [0.4, 0.5) is 4.39 Å². The Bertz CT molecular complexity index is 289. The van der Waals surface area contributed by atoms with Crippen molar-refractivity contribution in [3.63, 3.8) is 0 Å². The van der Waals surface area contributed by atoms with E-state index < -0.39 is 0 Å². The Morgan fingerprint density at radius 3 is 2.38 bits per heavy atom. The van der Waals surface area contributed by atoms with Crippen LogP contribution in [-0.2, 0) is 4.74 Å². The maximum absolute atomic E-state index is 13.1. The minimum atomic E-state index is -0.290. The normalized spacial score (nSPS) is 10.4. The molecule has 0 amide bonds. The van der Waals surface area contributed by atoms with E-state index in [4.69, 9.17) is 9.47 Å². The Kier molecular flexibility index (Phi) is 6.58. The van der Waals surface area contributed by atoms with Gasteiger partial charge in [0.15, 0.2) is 11.6 Å². The van der Waals surface area contributed by atoms with E-state index in [1.54, 1.807) is 25.3 Å². The van der Waals surface area contributed by atoms with Crippen LogP contribution in [0.2, 0.25) is 0 Å². The molecule has 2 nitrogen and oxygen atoms in total. The highest BCUT2D eigenvalue weighted by Gasteiger charge is 2.00. The van der Waals surface area contributed by atoms with Crippen molar-refractivity contribution in [2.75, 3.05) is 20.3 Å². The zero-order chi connectivity index (χ0) is 11.6. The number of ether oxygens (including phenoxy) is 2. The van der Waals surface area contributed by atoms with E-state index in [0.29, 0.717) is 12.4 Å². The molecule has 0 N–H and O–H groups in total. The Hall–Kier alpha value is -1.09. The monoisotopic (exact) mass is 226 g/mol. The molecule has 1 aromatic rings. The fourth-order valence-corrected chi connectivity index (χ4v) is 1.45. The van der Waals surface area contributed by atoms with Crippen molar-refractivity contribution in [2.45, 2.75) is 25.7 Å². The summed E-state index contributed by atoms with van der Waals surface area (Å²) >= 11 is 0. The summed E-state index contributed by atoms with van der Waals surface area (Å²) in [6.07, 6.45) is 4.26. The molecule has 0 aliphatic carbocycles. The molecule has 1 rings (SSSR count). The van der Waals surface area contributed by atoms with Crippen molar-refractivity contribution in [1.82, 2.24) is 0 Å². The number of benzene rings is 1. The number of hydrogen-bond acceptors (Lipinski definition) is 2. The quantitative estimate of drug-likeness (QED) is 0.632. The van der Waals surface area contributed by atoms with Crippen LogP contribution in [-0.4, -0.2) is 20.3 Å². The van der Waals surface area contributed by atoms with Gasteiger partial charge in [0.2, 0.25) is 0 Å². The molecule has 0 saturated heterocycles. The lowest BCUT2D eigenvalue weighted by atomic mass is 10.2. The van der Waals surface area contributed by atoms with Crippen molar-refractivity contribution in [2.24, 2.45) is 0 Å². The third-order valence-corrected chi connectivity index (χ3v) is 2.34. The first-order valence-electron chi connectivity index (χ1n) is 5.71. The first-order chi connectivity index (χ1) is 7.84. The lowest BCUT2D eigenvalue weighted by Crippen LogP contribution is -1.99. The molecule has 0 fully saturated rings. The fourth-order valence-electron chi connectivity index (χ4n) is 1.45. The molecule has 0 spiro atoms. The van der Waals surface area contributed by atoms with Gasteiger partial charge in [-0.3, -0.25) is 0 Å². The van der Waals surface area contributed by atoms with Gasteiger partial charge in [-0.1, -0.05) is 18.6 Å². The summed E-state index contributed by atoms with van der Waals surface area (Å²) < 4.78 is 23.4. The average Bonchev–Trinajstić information content (AvgIpc) is 2.30. The molecule has 3 heteroatoms. The summed E-state index contributed by atoms with van der Waals surface area (Å²) in [6, 6.07) is 6.50. The zero-order valence-electron chi connectivity index (χ0n) is 9.75. The predicted molar refractivity (Wildman–Crippen MR) is 62.2 cm³/mol. The summed E-state index contributed by atoms with van der Waals surface area (Å²) in [7, 11) is 1.71. The molecule has 1 aromatic carbocycles. The first kappa shape index (κ1) is 13.0. The van der Waals surface area contributed by atoms with Crippen LogP contribution in [0.5, 0.6) is 5.75 Å². The lowest BCUT2D eigenvalue weighted by Gasteiger charge is -2.06. The second kappa shape index (κ2) is 8.11. The SMILES string of the molecule is COCCCCCCOc1ccccc1F. The van der Waals surface area contributed by atoms with Gasteiger partial charge >= 0.3 is 0 Å². The molecule has 0 aromatic heterocycles. The van der Waals surface area contributed by atoms with E-state index in [1.807, 2.05) is 0 Å². The minimum Gasteiger partial charge on any atom is -0.491 e. The molecule has 0 heterocycles. The van der Waals surface area contributed by atoms with Crippen molar-refractivity contribution in [3.05, 3.63) is 30.1 Å². The van der Waals surface area contributed by atoms with E-state index in [2.05, 4.69) is 0 Å². The van der Waals surface area contributed by atoms with Crippen LogP contribution >= 0.6 is 0 Å². The van der Waals surface area contributed by atoms with E-state index in [-0.39, 0.29) is 5.82 Å². The molecule has 0 saturated carbocycles. The lowest BCUT2D eigenvalue weighted by molar-refractivity contribution is 0.191. The molecular formula is C13H19FO2. The van der Waals surface area contributed by atoms with E-state index >= 15 is 0 Å². The fraction of sp³-hybridized carbons (Fsp3) is 0.538. The van der Waals surface area contributed by atoms with Gasteiger partial charge in [0.05, 0.1) is 6.61 Å². The Labute approximate surface area is 96.4 Å². The smallest absolute Gasteiger partial charge is 0.165 e. The highest BCUT2D eigenvalue weighted by Crippen LogP contribution is 2.15. The molecule has 90 valence electrons. The second-order valence-corrected chi connectivity index (χ2v) is 3.69. The molecule has 0 aliphatic rings. The molecule has 0 radical (unpaired) electrons. The molecule has 16 heavy (non-hydrogen) atoms. The summed E-state index contributed by atoms with van der Waals surface area (Å²) in [6.45, 7) is 1.39. The summed E-state index contributed by atoms with van der Waals surface area (Å²) in [5, 5.41) is 0. The Morgan fingerprint density at radius 1 is 1.00 bits per heavy atom. The van der Waals surface area contributed by atoms with Crippen LogP contribution < -0.4 is 4.74 Å². The van der Waals surface area contributed by atoms with Gasteiger partial charge in [0, 0.05) is 13.7 Å². The van der Waals surface area contributed by atoms with Gasteiger partial charge in [0.25, 0.3) is 0 Å². The van der Waals surface area contributed by atoms with Crippen molar-refractivity contribution >= 4 is 0 Å². The number of halogens is 1. The summed E-state index contributed by atoms with van der Waals surface area (Å²) in [5.74, 6) is 0.0567. The van der Waals surface area contributed by atoms with Crippen LogP contribution in [0.3, 0.4) is 0 Å². The second-order valence-electron chi connectivity index (χ2n) is 3.69. The van der Waals surface area contributed by atoms with Crippen molar-refractivity contribution in [3.8, 4) is 5.75 Å². The van der Waals surface area contributed by atoms with Gasteiger partial charge in [-0.2, -0.15) is 0 Å². The summed E-state index contributed by atoms with van der Waals surface area (Å²) in [5.41, 5.74) is 0. The van der Waals surface area contributed by atoms with Crippen molar-refractivity contribution < 1.29 is 13.9 Å². The van der Waals surface area contributed by atoms with Gasteiger partial charge in [-0.05, 0) is 31.4 Å². The third-order valence-electron chi connectivity index (χ3n) is 2.34. The van der Waals surface area contributed by atoms with Crippen LogP contribution in [0.1, 0.15) is 25.7 Å². The number of para-hydroxylation sites is 1. The highest BCUT2D eigenvalue weighted by atomic mass is 19.1. The predicted octanol–water partition coefficient (Wildman–Crippen LogP) is 3.41. The zero-order valence-corrected chi connectivity index (χ0v) is 9.75. The largest absolute Gasteiger partial charge is 0.491 e. The molecule has 0 unspecified atom stereocenters. The maximum atomic E-state index is 13.1. The van der Waals surface area contributed by atoms with Gasteiger partial charge in [0.1, 0.15) is 0 Å². The number of unbranched alkanes of at least 4 members (excludes halogenated alkanes) is 3. The van der Waals surface area contributed by atoms with Crippen LogP contribution in [0.15, 0.2) is 24.3 Å². The first-order valence-corrected chi connectivity index (χ1v) is 5.71. The molecule has 0 atom stereocenters. The van der Waals surface area contributed by atoms with Gasteiger partial charge in [-0.25, -0.2) is 4.39 Å². The Morgan fingerprint density at radius 2 is 1.69 bits per heavy atom. The van der Waals surface area contributed by atoms with Crippen LogP contribution in [0.25, 0.3) is 0 Å². The minimum absolute atomic E-state index is 0.290. The summed E-state index contributed by atoms with van der Waals surface area (Å²) in [4.78, 5) is 0. The van der Waals surface area contributed by atoms with Crippen LogP contribution in [0, 0.1) is 5.82 Å².